The lowest BCUT2D eigenvalue weighted by Gasteiger charge is -2.26. The quantitative estimate of drug-likeness (QED) is 0.185. The van der Waals surface area contributed by atoms with E-state index in [1.165, 1.54) is 97.4 Å². The van der Waals surface area contributed by atoms with Gasteiger partial charge in [0, 0.05) is 43.3 Å². The van der Waals surface area contributed by atoms with Gasteiger partial charge in [-0.25, -0.2) is 0 Å². The van der Waals surface area contributed by atoms with E-state index in [1.807, 2.05) is 11.3 Å². The summed E-state index contributed by atoms with van der Waals surface area (Å²) in [4.78, 5) is 2.42. The zero-order chi connectivity index (χ0) is 32.6. The van der Waals surface area contributed by atoms with Crippen molar-refractivity contribution in [2.24, 2.45) is 0 Å². The zero-order valence-electron chi connectivity index (χ0n) is 27.3. The summed E-state index contributed by atoms with van der Waals surface area (Å²) < 4.78 is 5.05. The van der Waals surface area contributed by atoms with Crippen molar-refractivity contribution in [3.8, 4) is 5.69 Å². The van der Waals surface area contributed by atoms with Gasteiger partial charge in [0.2, 0.25) is 0 Å². The van der Waals surface area contributed by atoms with Crippen LogP contribution in [0.25, 0.3) is 69.2 Å². The fourth-order valence-corrected chi connectivity index (χ4v) is 9.06. The highest BCUT2D eigenvalue weighted by molar-refractivity contribution is 7.26. The van der Waals surface area contributed by atoms with Crippen molar-refractivity contribution in [1.29, 1.82) is 0 Å². The minimum Gasteiger partial charge on any atom is -0.309 e. The maximum atomic E-state index is 2.47. The Morgan fingerprint density at radius 1 is 0.469 bits per heavy atom. The molecule has 2 heterocycles. The van der Waals surface area contributed by atoms with Crippen LogP contribution >= 0.6 is 11.3 Å². The molecule has 2 aromatic heterocycles. The number of aryl methyl sites for hydroxylation is 2. The maximum absolute atomic E-state index is 2.47. The largest absolute Gasteiger partial charge is 0.309 e. The average Bonchev–Trinajstić information content (AvgIpc) is 3.68. The first-order valence-electron chi connectivity index (χ1n) is 16.9. The lowest BCUT2D eigenvalue weighted by atomic mass is 10.00. The number of anilines is 3. The molecule has 10 rings (SSSR count). The summed E-state index contributed by atoms with van der Waals surface area (Å²) in [6, 6.07) is 58.2. The van der Waals surface area contributed by atoms with Crippen molar-refractivity contribution in [3.63, 3.8) is 0 Å². The second-order valence-electron chi connectivity index (χ2n) is 13.1. The lowest BCUT2D eigenvalue weighted by Crippen LogP contribution is -2.10. The van der Waals surface area contributed by atoms with E-state index in [-0.39, 0.29) is 0 Å². The maximum Gasteiger partial charge on any atom is 0.0640 e. The van der Waals surface area contributed by atoms with Gasteiger partial charge >= 0.3 is 0 Å². The summed E-state index contributed by atoms with van der Waals surface area (Å²) >= 11 is 1.88. The van der Waals surface area contributed by atoms with Crippen LogP contribution in [0.2, 0.25) is 0 Å². The monoisotopic (exact) mass is 644 g/mol. The Hall–Kier alpha value is -5.90. The number of aromatic nitrogens is 1. The summed E-state index contributed by atoms with van der Waals surface area (Å²) in [6.07, 6.45) is 0. The van der Waals surface area contributed by atoms with Crippen LogP contribution in [0, 0.1) is 13.8 Å². The second kappa shape index (κ2) is 10.8. The lowest BCUT2D eigenvalue weighted by molar-refractivity contribution is 1.19. The average molecular weight is 645 g/mol. The van der Waals surface area contributed by atoms with E-state index >= 15 is 0 Å². The molecule has 49 heavy (non-hydrogen) atoms. The van der Waals surface area contributed by atoms with Crippen LogP contribution in [-0.4, -0.2) is 4.57 Å². The summed E-state index contributed by atoms with van der Waals surface area (Å²) in [7, 11) is 0. The molecule has 0 saturated carbocycles. The highest BCUT2D eigenvalue weighted by Gasteiger charge is 2.21. The third kappa shape index (κ3) is 4.33. The Labute approximate surface area is 288 Å². The minimum absolute atomic E-state index is 1.17. The Balaban J connectivity index is 1.24. The molecule has 0 aliphatic carbocycles. The van der Waals surface area contributed by atoms with Gasteiger partial charge < -0.3 is 9.47 Å². The molecule has 0 aliphatic rings. The smallest absolute Gasteiger partial charge is 0.0640 e. The van der Waals surface area contributed by atoms with E-state index in [1.54, 1.807) is 0 Å². The molecule has 0 fully saturated rings. The predicted octanol–water partition coefficient (Wildman–Crippen LogP) is 13.5. The molecule has 0 atom stereocenters. The summed E-state index contributed by atoms with van der Waals surface area (Å²) in [5, 5.41) is 10.3. The van der Waals surface area contributed by atoms with E-state index in [0.29, 0.717) is 0 Å². The Morgan fingerprint density at radius 2 is 1.04 bits per heavy atom. The highest BCUT2D eigenvalue weighted by Crippen LogP contribution is 2.46. The van der Waals surface area contributed by atoms with Gasteiger partial charge in [-0.3, -0.25) is 0 Å². The fraction of sp³-hybridized carbons (Fsp3) is 0.0435. The molecule has 0 aliphatic heterocycles. The molecule has 0 N–H and O–H groups in total. The van der Waals surface area contributed by atoms with Gasteiger partial charge in [-0.05, 0) is 107 Å². The van der Waals surface area contributed by atoms with Crippen molar-refractivity contribution in [2.75, 3.05) is 4.90 Å². The number of hydrogen-bond acceptors (Lipinski definition) is 2. The summed E-state index contributed by atoms with van der Waals surface area (Å²) in [5.74, 6) is 0. The standard InChI is InChI=1S/C46H32N2S/c1-29-10-7-14-33(26-29)47(34-15-8-11-30(2)27-34)42-19-9-18-38-39-28-35(22-25-43(39)49-46(38)42)48-40-23-20-31-12-3-5-16-36(31)44(40)45-37-17-6-4-13-32(37)21-24-41(45)48/h3-28H,1-2H3. The Morgan fingerprint density at radius 3 is 1.65 bits per heavy atom. The Kier molecular flexibility index (Phi) is 6.21. The van der Waals surface area contributed by atoms with E-state index < -0.39 is 0 Å². The van der Waals surface area contributed by atoms with E-state index in [2.05, 4.69) is 181 Å². The second-order valence-corrected chi connectivity index (χ2v) is 14.2. The van der Waals surface area contributed by atoms with Gasteiger partial charge in [0.1, 0.15) is 0 Å². The number of hydrogen-bond donors (Lipinski definition) is 0. The molecule has 0 unspecified atom stereocenters. The van der Waals surface area contributed by atoms with E-state index in [9.17, 15) is 0 Å². The molecular formula is C46H32N2S. The van der Waals surface area contributed by atoms with Crippen LogP contribution in [0.3, 0.4) is 0 Å². The third-order valence-corrected chi connectivity index (χ3v) is 11.2. The molecule has 0 saturated heterocycles. The minimum atomic E-state index is 1.17. The van der Waals surface area contributed by atoms with Crippen molar-refractivity contribution >= 4 is 91.9 Å². The highest BCUT2D eigenvalue weighted by atomic mass is 32.1. The Bertz CT molecular complexity index is 2790. The van der Waals surface area contributed by atoms with Crippen LogP contribution in [-0.2, 0) is 0 Å². The molecule has 3 heteroatoms. The number of rotatable bonds is 4. The first kappa shape index (κ1) is 28.1. The molecule has 0 bridgehead atoms. The number of thiophene rings is 1. The molecule has 0 radical (unpaired) electrons. The normalized spacial score (nSPS) is 11.9. The van der Waals surface area contributed by atoms with Gasteiger partial charge in [-0.2, -0.15) is 0 Å². The summed E-state index contributed by atoms with van der Waals surface area (Å²) in [6.45, 7) is 4.33. The molecule has 2 nitrogen and oxygen atoms in total. The first-order valence-corrected chi connectivity index (χ1v) is 17.7. The van der Waals surface area contributed by atoms with Crippen LogP contribution in [0.4, 0.5) is 17.1 Å². The zero-order valence-corrected chi connectivity index (χ0v) is 28.1. The van der Waals surface area contributed by atoms with Gasteiger partial charge in [0.15, 0.2) is 0 Å². The first-order chi connectivity index (χ1) is 24.1. The number of fused-ring (bicyclic) bond motifs is 10. The van der Waals surface area contributed by atoms with Crippen LogP contribution in [0.1, 0.15) is 11.1 Å². The van der Waals surface area contributed by atoms with E-state index in [4.69, 9.17) is 0 Å². The SMILES string of the molecule is Cc1cccc(N(c2cccc(C)c2)c2cccc3c2sc2ccc(-n4c5ccc6ccccc6c5c5c6ccccc6ccc54)cc23)c1. The molecule has 0 spiro atoms. The number of benzene rings is 8. The van der Waals surface area contributed by atoms with Crippen molar-refractivity contribution in [1.82, 2.24) is 4.57 Å². The molecule has 0 amide bonds. The van der Waals surface area contributed by atoms with E-state index in [0.717, 1.165) is 0 Å². The predicted molar refractivity (Wildman–Crippen MR) is 213 cm³/mol. The van der Waals surface area contributed by atoms with Gasteiger partial charge in [-0.15, -0.1) is 11.3 Å². The fourth-order valence-electron chi connectivity index (χ4n) is 7.87. The van der Waals surface area contributed by atoms with Crippen LogP contribution < -0.4 is 4.90 Å². The van der Waals surface area contributed by atoms with Crippen molar-refractivity contribution < 1.29 is 0 Å². The molecule has 232 valence electrons. The van der Waals surface area contributed by atoms with Gasteiger partial charge in [0.25, 0.3) is 0 Å². The molecule has 10 aromatic rings. The van der Waals surface area contributed by atoms with Gasteiger partial charge in [0.05, 0.1) is 21.4 Å². The molecule has 8 aromatic carbocycles. The molecular weight excluding hydrogens is 613 g/mol. The van der Waals surface area contributed by atoms with Gasteiger partial charge in [-0.1, -0.05) is 97.1 Å². The number of nitrogens with zero attached hydrogens (tertiary/aromatic N) is 2. The van der Waals surface area contributed by atoms with Crippen LogP contribution in [0.15, 0.2) is 158 Å². The third-order valence-electron chi connectivity index (χ3n) is 10.0. The topological polar surface area (TPSA) is 8.17 Å². The van der Waals surface area contributed by atoms with Crippen LogP contribution in [0.5, 0.6) is 0 Å². The summed E-state index contributed by atoms with van der Waals surface area (Å²) in [5.41, 5.74) is 9.67. The van der Waals surface area contributed by atoms with Crippen molar-refractivity contribution in [3.05, 3.63) is 169 Å². The van der Waals surface area contributed by atoms with Crippen molar-refractivity contribution in [2.45, 2.75) is 13.8 Å².